The number of aliphatic hydroxyl groups is 2. The van der Waals surface area contributed by atoms with Gasteiger partial charge in [0.2, 0.25) is 5.91 Å². The first kappa shape index (κ1) is 59.6. The van der Waals surface area contributed by atoms with Gasteiger partial charge >= 0.3 is 5.97 Å². The number of allylic oxidation sites excluding steroid dienone is 1. The number of ether oxygens (including phenoxy) is 1. The highest BCUT2D eigenvalue weighted by Gasteiger charge is 2.18. The Balaban J connectivity index is 3.51. The third-order valence-corrected chi connectivity index (χ3v) is 12.8. The quantitative estimate of drug-likeness (QED) is 0.0322. The molecule has 0 aromatic rings. The third-order valence-electron chi connectivity index (χ3n) is 12.8. The topological polar surface area (TPSA) is 95.9 Å². The lowest BCUT2D eigenvalue weighted by Crippen LogP contribution is -2.45. The number of unbranched alkanes of at least 4 members (excludes halogenated alkanes) is 40. The maximum atomic E-state index is 12.5. The number of carbonyl (C=O) groups excluding carboxylic acids is 2. The van der Waals surface area contributed by atoms with Crippen LogP contribution >= 0.6 is 0 Å². The Morgan fingerprint density at radius 2 is 0.754 bits per heavy atom. The molecule has 0 aromatic carbocycles. The van der Waals surface area contributed by atoms with E-state index in [2.05, 4.69) is 19.2 Å². The number of rotatable bonds is 51. The van der Waals surface area contributed by atoms with Crippen LogP contribution in [-0.2, 0) is 14.3 Å². The third kappa shape index (κ3) is 47.9. The largest absolute Gasteiger partial charge is 0.466 e. The van der Waals surface area contributed by atoms with Crippen LogP contribution in [0.4, 0.5) is 0 Å². The maximum absolute atomic E-state index is 12.5. The maximum Gasteiger partial charge on any atom is 0.305 e. The van der Waals surface area contributed by atoms with Crippen LogP contribution < -0.4 is 5.32 Å². The first-order valence-corrected chi connectivity index (χ1v) is 27.5. The molecule has 0 bridgehead atoms. The highest BCUT2D eigenvalue weighted by molar-refractivity contribution is 5.76. The molecular weight excluding hydrogens is 755 g/mol. The van der Waals surface area contributed by atoms with Gasteiger partial charge in [0.05, 0.1) is 25.4 Å². The van der Waals surface area contributed by atoms with E-state index in [-0.39, 0.29) is 18.5 Å². The molecule has 6 heteroatoms. The van der Waals surface area contributed by atoms with Crippen molar-refractivity contribution in [3.8, 4) is 0 Å². The smallest absolute Gasteiger partial charge is 0.305 e. The summed E-state index contributed by atoms with van der Waals surface area (Å²) in [5.41, 5.74) is 0. The first-order valence-electron chi connectivity index (χ1n) is 27.5. The molecule has 0 aliphatic rings. The van der Waals surface area contributed by atoms with Crippen LogP contribution in [0.2, 0.25) is 0 Å². The zero-order valence-corrected chi connectivity index (χ0v) is 41.2. The number of nitrogens with one attached hydrogen (secondary N) is 1. The molecule has 0 saturated heterocycles. The van der Waals surface area contributed by atoms with Crippen LogP contribution in [0.1, 0.15) is 303 Å². The van der Waals surface area contributed by atoms with Gasteiger partial charge in [-0.25, -0.2) is 0 Å². The molecule has 2 atom stereocenters. The SMILES string of the molecule is CCCCCCCCCCCCCCCCCCCCCCCC/C=C/C(O)C(CO)NC(=O)CCCCCCCCCCCOC(=O)CCCCCCCCCCCCC. The summed E-state index contributed by atoms with van der Waals surface area (Å²) in [6.45, 7) is 4.85. The number of hydrogen-bond acceptors (Lipinski definition) is 5. The van der Waals surface area contributed by atoms with Crippen molar-refractivity contribution < 1.29 is 24.5 Å². The highest BCUT2D eigenvalue weighted by atomic mass is 16.5. The summed E-state index contributed by atoms with van der Waals surface area (Å²) in [5.74, 6) is -0.119. The lowest BCUT2D eigenvalue weighted by Gasteiger charge is -2.20. The summed E-state index contributed by atoms with van der Waals surface area (Å²) in [4.78, 5) is 24.4. The Morgan fingerprint density at radius 3 is 1.11 bits per heavy atom. The second kappa shape index (κ2) is 51.2. The molecule has 3 N–H and O–H groups in total. The van der Waals surface area contributed by atoms with Crippen LogP contribution in [0, 0.1) is 0 Å². The summed E-state index contributed by atoms with van der Waals surface area (Å²) >= 11 is 0. The van der Waals surface area contributed by atoms with E-state index in [1.807, 2.05) is 6.08 Å². The first-order chi connectivity index (χ1) is 30.0. The van der Waals surface area contributed by atoms with Gasteiger partial charge in [-0.3, -0.25) is 9.59 Å². The molecule has 0 aromatic heterocycles. The van der Waals surface area contributed by atoms with Gasteiger partial charge in [0.25, 0.3) is 0 Å². The average Bonchev–Trinajstić information content (AvgIpc) is 3.26. The molecule has 362 valence electrons. The fourth-order valence-electron chi connectivity index (χ4n) is 8.58. The van der Waals surface area contributed by atoms with Gasteiger partial charge in [0, 0.05) is 12.8 Å². The fraction of sp³-hybridized carbons (Fsp3) is 0.927. The van der Waals surface area contributed by atoms with Gasteiger partial charge < -0.3 is 20.3 Å². The van der Waals surface area contributed by atoms with Crippen LogP contribution in [0.25, 0.3) is 0 Å². The van der Waals surface area contributed by atoms with Crippen LogP contribution in [0.15, 0.2) is 12.2 Å². The lowest BCUT2D eigenvalue weighted by atomic mass is 10.0. The van der Waals surface area contributed by atoms with Crippen LogP contribution in [0.5, 0.6) is 0 Å². The van der Waals surface area contributed by atoms with E-state index in [4.69, 9.17) is 4.74 Å². The molecule has 2 unspecified atom stereocenters. The molecular formula is C55H107NO5. The number of amides is 1. The van der Waals surface area contributed by atoms with Gasteiger partial charge in [-0.05, 0) is 32.1 Å². The molecule has 0 spiro atoms. The Hall–Kier alpha value is -1.40. The zero-order chi connectivity index (χ0) is 44.4. The van der Waals surface area contributed by atoms with Crippen molar-refractivity contribution in [1.29, 1.82) is 0 Å². The molecule has 1 amide bonds. The highest BCUT2D eigenvalue weighted by Crippen LogP contribution is 2.17. The number of esters is 1. The number of hydrogen-bond donors (Lipinski definition) is 3. The van der Waals surface area contributed by atoms with Crippen molar-refractivity contribution in [2.75, 3.05) is 13.2 Å². The summed E-state index contributed by atoms with van der Waals surface area (Å²) in [6, 6.07) is -0.647. The summed E-state index contributed by atoms with van der Waals surface area (Å²) in [7, 11) is 0. The minimum absolute atomic E-state index is 0.0267. The molecule has 0 radical (unpaired) electrons. The van der Waals surface area contributed by atoms with E-state index in [1.54, 1.807) is 6.08 Å². The molecule has 0 fully saturated rings. The second-order valence-corrected chi connectivity index (χ2v) is 18.9. The normalized spacial score (nSPS) is 12.7. The van der Waals surface area contributed by atoms with Gasteiger partial charge in [-0.1, -0.05) is 270 Å². The van der Waals surface area contributed by atoms with E-state index >= 15 is 0 Å². The summed E-state index contributed by atoms with van der Waals surface area (Å²) in [5, 5.41) is 23.1. The van der Waals surface area contributed by atoms with Crippen LogP contribution in [-0.4, -0.2) is 47.4 Å². The van der Waals surface area contributed by atoms with Crippen molar-refractivity contribution in [2.24, 2.45) is 0 Å². The second-order valence-electron chi connectivity index (χ2n) is 18.9. The summed E-state index contributed by atoms with van der Waals surface area (Å²) < 4.78 is 5.44. The van der Waals surface area contributed by atoms with E-state index in [9.17, 15) is 19.8 Å². The minimum atomic E-state index is -0.861. The van der Waals surface area contributed by atoms with E-state index in [0.717, 1.165) is 57.8 Å². The fourth-order valence-corrected chi connectivity index (χ4v) is 8.58. The minimum Gasteiger partial charge on any atom is -0.466 e. The zero-order valence-electron chi connectivity index (χ0n) is 41.2. The van der Waals surface area contributed by atoms with Gasteiger partial charge in [-0.15, -0.1) is 0 Å². The summed E-state index contributed by atoms with van der Waals surface area (Å²) in [6.07, 6.45) is 59.4. The Labute approximate surface area is 380 Å². The van der Waals surface area contributed by atoms with Crippen molar-refractivity contribution in [2.45, 2.75) is 315 Å². The van der Waals surface area contributed by atoms with Gasteiger partial charge in [0.1, 0.15) is 0 Å². The predicted octanol–water partition coefficient (Wildman–Crippen LogP) is 16.5. The molecule has 0 aliphatic heterocycles. The van der Waals surface area contributed by atoms with Crippen molar-refractivity contribution in [1.82, 2.24) is 5.32 Å². The van der Waals surface area contributed by atoms with Crippen molar-refractivity contribution >= 4 is 11.9 Å². The molecule has 61 heavy (non-hydrogen) atoms. The number of carbonyl (C=O) groups is 2. The lowest BCUT2D eigenvalue weighted by molar-refractivity contribution is -0.143. The standard InChI is InChI=1S/C55H107NO5/c1-3-5-7-9-11-13-15-16-17-18-19-20-21-22-23-24-25-26-27-29-31-35-39-43-47-53(58)52(51-57)56-54(59)48-44-40-36-32-30-34-38-42-46-50-61-55(60)49-45-41-37-33-28-14-12-10-8-6-4-2/h43,47,52-53,57-58H,3-42,44-46,48-51H2,1-2H3,(H,56,59)/b47-43+. The van der Waals surface area contributed by atoms with Crippen molar-refractivity contribution in [3.05, 3.63) is 12.2 Å². The molecule has 6 nitrogen and oxygen atoms in total. The van der Waals surface area contributed by atoms with Crippen LogP contribution in [0.3, 0.4) is 0 Å². The molecule has 0 saturated carbocycles. The van der Waals surface area contributed by atoms with E-state index in [1.165, 1.54) is 218 Å². The number of aliphatic hydroxyl groups excluding tert-OH is 2. The Kier molecular flexibility index (Phi) is 50.1. The molecule has 0 rings (SSSR count). The molecule has 0 heterocycles. The molecule has 0 aliphatic carbocycles. The monoisotopic (exact) mass is 862 g/mol. The Morgan fingerprint density at radius 1 is 0.443 bits per heavy atom. The van der Waals surface area contributed by atoms with E-state index < -0.39 is 12.1 Å². The van der Waals surface area contributed by atoms with Gasteiger partial charge in [-0.2, -0.15) is 0 Å². The van der Waals surface area contributed by atoms with E-state index in [0.29, 0.717) is 19.4 Å². The van der Waals surface area contributed by atoms with Gasteiger partial charge in [0.15, 0.2) is 0 Å². The average molecular weight is 862 g/mol. The van der Waals surface area contributed by atoms with Crippen molar-refractivity contribution in [3.63, 3.8) is 0 Å². The predicted molar refractivity (Wildman–Crippen MR) is 264 cm³/mol. The Bertz CT molecular complexity index is 909.